The van der Waals surface area contributed by atoms with E-state index in [9.17, 15) is 18.0 Å². The molecule has 2 aromatic heterocycles. The van der Waals surface area contributed by atoms with Crippen molar-refractivity contribution in [3.63, 3.8) is 0 Å². The second-order valence-electron chi connectivity index (χ2n) is 3.56. The minimum atomic E-state index is -4.13. The van der Waals surface area contributed by atoms with Crippen LogP contribution >= 0.6 is 11.3 Å². The van der Waals surface area contributed by atoms with E-state index in [2.05, 4.69) is 4.72 Å². The molecule has 0 aliphatic heterocycles. The molecule has 0 saturated heterocycles. The van der Waals surface area contributed by atoms with E-state index in [-0.39, 0.29) is 10.6 Å². The number of rotatable bonds is 5. The molecule has 0 aliphatic carbocycles. The number of nitrogens with two attached hydrogens (primary N) is 1. The number of carbonyl (C=O) groups excluding carboxylic acids is 1. The largest absolute Gasteiger partial charge is 0.475 e. The molecule has 0 radical (unpaired) electrons. The normalized spacial score (nSPS) is 11.2. The van der Waals surface area contributed by atoms with Gasteiger partial charge >= 0.3 is 5.97 Å². The van der Waals surface area contributed by atoms with Gasteiger partial charge in [-0.1, -0.05) is 0 Å². The van der Waals surface area contributed by atoms with Gasteiger partial charge in [0.05, 0.1) is 5.56 Å². The summed E-state index contributed by atoms with van der Waals surface area (Å²) in [6.45, 7) is 0. The molecule has 2 rings (SSSR count). The fraction of sp³-hybridized carbons (Fsp3) is 0. The molecule has 0 bridgehead atoms. The summed E-state index contributed by atoms with van der Waals surface area (Å²) < 4.78 is 30.8. The minimum Gasteiger partial charge on any atom is -0.475 e. The predicted molar refractivity (Wildman–Crippen MR) is 69.3 cm³/mol. The Balaban J connectivity index is 2.33. The Labute approximate surface area is 116 Å². The van der Waals surface area contributed by atoms with Crippen LogP contribution in [0.5, 0.6) is 0 Å². The van der Waals surface area contributed by atoms with Crippen molar-refractivity contribution in [2.45, 2.75) is 5.09 Å². The summed E-state index contributed by atoms with van der Waals surface area (Å²) in [7, 11) is -4.13. The molecular weight excluding hydrogens is 308 g/mol. The van der Waals surface area contributed by atoms with Gasteiger partial charge < -0.3 is 15.3 Å². The molecule has 0 unspecified atom stereocenters. The van der Waals surface area contributed by atoms with Crippen molar-refractivity contribution < 1.29 is 27.5 Å². The smallest absolute Gasteiger partial charge is 0.371 e. The molecule has 1 amide bonds. The topological polar surface area (TPSA) is 140 Å². The van der Waals surface area contributed by atoms with E-state index in [1.807, 2.05) is 0 Å². The Hall–Kier alpha value is -2.33. The molecule has 0 spiro atoms. The van der Waals surface area contributed by atoms with Crippen LogP contribution in [0.4, 0.5) is 5.00 Å². The monoisotopic (exact) mass is 316 g/mol. The summed E-state index contributed by atoms with van der Waals surface area (Å²) in [6, 6.07) is 3.39. The molecule has 20 heavy (non-hydrogen) atoms. The van der Waals surface area contributed by atoms with Gasteiger partial charge in [-0.3, -0.25) is 9.52 Å². The SMILES string of the molecule is NC(=O)c1ccsc1NS(=O)(=O)c1ccc(C(=O)O)o1. The first kappa shape index (κ1) is 14.1. The van der Waals surface area contributed by atoms with Gasteiger partial charge in [-0.2, -0.15) is 8.42 Å². The van der Waals surface area contributed by atoms with Gasteiger partial charge in [0.1, 0.15) is 5.00 Å². The van der Waals surface area contributed by atoms with Gasteiger partial charge in [0.15, 0.2) is 0 Å². The number of sulfonamides is 1. The van der Waals surface area contributed by atoms with Crippen LogP contribution in [0.1, 0.15) is 20.9 Å². The van der Waals surface area contributed by atoms with Crippen molar-refractivity contribution >= 4 is 38.2 Å². The lowest BCUT2D eigenvalue weighted by molar-refractivity contribution is 0.0656. The fourth-order valence-electron chi connectivity index (χ4n) is 1.33. The highest BCUT2D eigenvalue weighted by Crippen LogP contribution is 2.26. The number of furan rings is 1. The summed E-state index contributed by atoms with van der Waals surface area (Å²) in [4.78, 5) is 21.7. The first-order valence-corrected chi connectivity index (χ1v) is 7.41. The molecule has 0 atom stereocenters. The Morgan fingerprint density at radius 2 is 2.00 bits per heavy atom. The summed E-state index contributed by atoms with van der Waals surface area (Å²) >= 11 is 0.963. The maximum Gasteiger partial charge on any atom is 0.371 e. The summed E-state index contributed by atoms with van der Waals surface area (Å²) in [5, 5.41) is 9.62. The summed E-state index contributed by atoms with van der Waals surface area (Å²) in [5.41, 5.74) is 5.11. The standard InChI is InChI=1S/C10H8N2O6S2/c11-8(13)5-3-4-19-9(5)12-20(16,17)7-2-1-6(18-7)10(14)15/h1-4,12H,(H2,11,13)(H,14,15). The maximum atomic E-state index is 12.0. The maximum absolute atomic E-state index is 12.0. The number of amides is 1. The van der Waals surface area contributed by atoms with Gasteiger partial charge in [-0.05, 0) is 23.6 Å². The number of anilines is 1. The molecule has 2 aromatic rings. The number of hydrogen-bond donors (Lipinski definition) is 3. The average molecular weight is 316 g/mol. The van der Waals surface area contributed by atoms with E-state index in [1.54, 1.807) is 0 Å². The quantitative estimate of drug-likeness (QED) is 0.750. The van der Waals surface area contributed by atoms with Crippen molar-refractivity contribution in [1.82, 2.24) is 0 Å². The van der Waals surface area contributed by atoms with E-state index in [0.29, 0.717) is 0 Å². The van der Waals surface area contributed by atoms with Gasteiger partial charge in [-0.15, -0.1) is 11.3 Å². The highest BCUT2D eigenvalue weighted by Gasteiger charge is 2.23. The molecule has 10 heteroatoms. The average Bonchev–Trinajstić information content (AvgIpc) is 2.95. The van der Waals surface area contributed by atoms with Crippen LogP contribution in [0, 0.1) is 0 Å². The zero-order chi connectivity index (χ0) is 14.9. The lowest BCUT2D eigenvalue weighted by Crippen LogP contribution is -2.16. The Kier molecular flexibility index (Phi) is 3.51. The van der Waals surface area contributed by atoms with Gasteiger partial charge in [-0.25, -0.2) is 4.79 Å². The van der Waals surface area contributed by atoms with Gasteiger partial charge in [0, 0.05) is 0 Å². The van der Waals surface area contributed by atoms with E-state index in [4.69, 9.17) is 15.3 Å². The third-order valence-electron chi connectivity index (χ3n) is 2.21. The molecular formula is C10H8N2O6S2. The van der Waals surface area contributed by atoms with Crippen molar-refractivity contribution in [1.29, 1.82) is 0 Å². The molecule has 0 aromatic carbocycles. The number of hydrogen-bond acceptors (Lipinski definition) is 6. The molecule has 2 heterocycles. The minimum absolute atomic E-state index is 0.0172. The van der Waals surface area contributed by atoms with Gasteiger partial charge in [0.2, 0.25) is 10.9 Å². The van der Waals surface area contributed by atoms with Crippen molar-refractivity contribution in [3.05, 3.63) is 34.9 Å². The zero-order valence-corrected chi connectivity index (χ0v) is 11.3. The lowest BCUT2D eigenvalue weighted by atomic mass is 10.3. The van der Waals surface area contributed by atoms with E-state index in [1.165, 1.54) is 11.4 Å². The number of primary amides is 1. The van der Waals surface area contributed by atoms with Crippen LogP contribution in [-0.2, 0) is 10.0 Å². The third kappa shape index (κ3) is 2.65. The number of carboxylic acid groups (broad SMARTS) is 1. The van der Waals surface area contributed by atoms with E-state index < -0.39 is 32.8 Å². The lowest BCUT2D eigenvalue weighted by Gasteiger charge is -2.04. The van der Waals surface area contributed by atoms with Gasteiger partial charge in [0.25, 0.3) is 15.9 Å². The molecule has 0 saturated carbocycles. The third-order valence-corrected chi connectivity index (χ3v) is 4.40. The number of nitrogens with one attached hydrogen (secondary N) is 1. The predicted octanol–water partition coefficient (Wildman–Crippen LogP) is 0.939. The van der Waals surface area contributed by atoms with Crippen LogP contribution in [0.2, 0.25) is 0 Å². The highest BCUT2D eigenvalue weighted by molar-refractivity contribution is 7.92. The first-order chi connectivity index (χ1) is 9.31. The van der Waals surface area contributed by atoms with Crippen LogP contribution in [0.15, 0.2) is 33.1 Å². The molecule has 0 fully saturated rings. The van der Waals surface area contributed by atoms with Crippen LogP contribution in [-0.4, -0.2) is 25.4 Å². The van der Waals surface area contributed by atoms with E-state index >= 15 is 0 Å². The number of thiophene rings is 1. The molecule has 0 aliphatic rings. The van der Waals surface area contributed by atoms with Crippen LogP contribution in [0.3, 0.4) is 0 Å². The van der Waals surface area contributed by atoms with Crippen LogP contribution in [0.25, 0.3) is 0 Å². The zero-order valence-electron chi connectivity index (χ0n) is 9.69. The number of aromatic carboxylic acids is 1. The van der Waals surface area contributed by atoms with Crippen molar-refractivity contribution in [3.8, 4) is 0 Å². The van der Waals surface area contributed by atoms with Crippen molar-refractivity contribution in [2.24, 2.45) is 5.73 Å². The first-order valence-electron chi connectivity index (χ1n) is 5.04. The Morgan fingerprint density at radius 3 is 2.55 bits per heavy atom. The Bertz CT molecular complexity index is 773. The second-order valence-corrected chi connectivity index (χ2v) is 6.09. The molecule has 106 valence electrons. The highest BCUT2D eigenvalue weighted by atomic mass is 32.2. The fourth-order valence-corrected chi connectivity index (χ4v) is 3.39. The second kappa shape index (κ2) is 4.98. The summed E-state index contributed by atoms with van der Waals surface area (Å²) in [5.74, 6) is -2.68. The molecule has 8 nitrogen and oxygen atoms in total. The Morgan fingerprint density at radius 1 is 1.30 bits per heavy atom. The molecule has 4 N–H and O–H groups in total. The van der Waals surface area contributed by atoms with Crippen molar-refractivity contribution in [2.75, 3.05) is 4.72 Å². The number of carboxylic acids is 1. The van der Waals surface area contributed by atoms with Crippen LogP contribution < -0.4 is 10.5 Å². The number of carbonyl (C=O) groups is 2. The van der Waals surface area contributed by atoms with E-state index in [0.717, 1.165) is 23.5 Å². The summed E-state index contributed by atoms with van der Waals surface area (Å²) in [6.07, 6.45) is 0.